The normalized spacial score (nSPS) is 15.2. The lowest BCUT2D eigenvalue weighted by Gasteiger charge is -2.36. The Labute approximate surface area is 139 Å². The number of nitrogens with zero attached hydrogens (tertiary/aromatic N) is 2. The molecular formula is C14H23Cl3N2O. The van der Waals surface area contributed by atoms with Crippen LogP contribution in [0.25, 0.3) is 0 Å². The zero-order chi connectivity index (χ0) is 12.8. The number of halogens is 3. The second-order valence-electron chi connectivity index (χ2n) is 4.42. The largest absolute Gasteiger partial charge is 0.492 e. The zero-order valence-corrected chi connectivity index (χ0v) is 14.1. The van der Waals surface area contributed by atoms with Gasteiger partial charge in [0.05, 0.1) is 12.3 Å². The van der Waals surface area contributed by atoms with Crippen LogP contribution in [-0.2, 0) is 0 Å². The topological polar surface area (TPSA) is 15.7 Å². The highest BCUT2D eigenvalue weighted by Gasteiger charge is 2.18. The third kappa shape index (κ3) is 5.21. The van der Waals surface area contributed by atoms with Gasteiger partial charge in [0.15, 0.2) is 0 Å². The molecule has 6 heteroatoms. The highest BCUT2D eigenvalue weighted by molar-refractivity contribution is 6.18. The second-order valence-corrected chi connectivity index (χ2v) is 4.80. The van der Waals surface area contributed by atoms with E-state index in [-0.39, 0.29) is 24.8 Å². The highest BCUT2D eigenvalue weighted by Crippen LogP contribution is 2.28. The van der Waals surface area contributed by atoms with E-state index in [4.69, 9.17) is 16.3 Å². The van der Waals surface area contributed by atoms with Gasteiger partial charge in [0.2, 0.25) is 0 Å². The number of ether oxygens (including phenoxy) is 1. The van der Waals surface area contributed by atoms with Gasteiger partial charge in [-0.3, -0.25) is 4.90 Å². The molecule has 0 aromatic heterocycles. The van der Waals surface area contributed by atoms with Crippen LogP contribution in [0, 0.1) is 0 Å². The lowest BCUT2D eigenvalue weighted by molar-refractivity contribution is 0.270. The summed E-state index contributed by atoms with van der Waals surface area (Å²) in [5.41, 5.74) is 1.21. The van der Waals surface area contributed by atoms with Gasteiger partial charge in [-0.15, -0.1) is 36.4 Å². The summed E-state index contributed by atoms with van der Waals surface area (Å²) in [7, 11) is 0. The van der Waals surface area contributed by atoms with Crippen LogP contribution in [-0.4, -0.2) is 50.1 Å². The van der Waals surface area contributed by atoms with Crippen molar-refractivity contribution in [1.82, 2.24) is 4.90 Å². The van der Waals surface area contributed by atoms with Gasteiger partial charge in [-0.05, 0) is 19.1 Å². The summed E-state index contributed by atoms with van der Waals surface area (Å²) in [5.74, 6) is 1.71. The first-order chi connectivity index (χ1) is 8.85. The van der Waals surface area contributed by atoms with Gasteiger partial charge in [0.25, 0.3) is 0 Å². The molecule has 1 aromatic carbocycles. The fourth-order valence-corrected chi connectivity index (χ4v) is 2.57. The molecular weight excluding hydrogens is 319 g/mol. The molecule has 0 unspecified atom stereocenters. The van der Waals surface area contributed by atoms with Crippen molar-refractivity contribution < 1.29 is 4.74 Å². The van der Waals surface area contributed by atoms with Gasteiger partial charge >= 0.3 is 0 Å². The average Bonchev–Trinajstić information content (AvgIpc) is 2.41. The molecule has 1 aromatic rings. The van der Waals surface area contributed by atoms with E-state index < -0.39 is 0 Å². The van der Waals surface area contributed by atoms with Crippen LogP contribution in [0.1, 0.15) is 6.92 Å². The molecule has 0 spiro atoms. The summed E-state index contributed by atoms with van der Waals surface area (Å²) >= 11 is 5.78. The minimum atomic E-state index is 0. The number of hydrogen-bond acceptors (Lipinski definition) is 3. The molecule has 20 heavy (non-hydrogen) atoms. The van der Waals surface area contributed by atoms with E-state index in [2.05, 4.69) is 21.9 Å². The van der Waals surface area contributed by atoms with E-state index in [9.17, 15) is 0 Å². The van der Waals surface area contributed by atoms with Gasteiger partial charge in [-0.2, -0.15) is 0 Å². The lowest BCUT2D eigenvalue weighted by Crippen LogP contribution is -2.47. The maximum Gasteiger partial charge on any atom is 0.142 e. The average molecular weight is 342 g/mol. The molecule has 116 valence electrons. The Kier molecular flexibility index (Phi) is 10.2. The molecule has 1 fully saturated rings. The Balaban J connectivity index is 0.00000180. The van der Waals surface area contributed by atoms with Gasteiger partial charge in [-0.1, -0.05) is 12.1 Å². The second kappa shape index (κ2) is 10.4. The Bertz CT molecular complexity index is 371. The molecule has 0 aliphatic carbocycles. The Morgan fingerprint density at radius 3 is 2.35 bits per heavy atom. The predicted molar refractivity (Wildman–Crippen MR) is 91.5 cm³/mol. The Morgan fingerprint density at radius 2 is 1.75 bits per heavy atom. The van der Waals surface area contributed by atoms with Gasteiger partial charge < -0.3 is 9.64 Å². The molecule has 0 atom stereocenters. The number of alkyl halides is 1. The molecule has 0 bridgehead atoms. The molecule has 0 radical (unpaired) electrons. The highest BCUT2D eigenvalue weighted by atomic mass is 35.5. The van der Waals surface area contributed by atoms with Crippen LogP contribution in [0.15, 0.2) is 24.3 Å². The summed E-state index contributed by atoms with van der Waals surface area (Å²) in [6.45, 7) is 7.96. The summed E-state index contributed by atoms with van der Waals surface area (Å²) < 4.78 is 5.69. The van der Waals surface area contributed by atoms with E-state index in [0.717, 1.165) is 44.4 Å². The van der Waals surface area contributed by atoms with Crippen LogP contribution in [0.5, 0.6) is 5.75 Å². The maximum atomic E-state index is 5.78. The first-order valence-electron chi connectivity index (χ1n) is 6.60. The molecule has 3 nitrogen and oxygen atoms in total. The van der Waals surface area contributed by atoms with E-state index in [1.165, 1.54) is 5.69 Å². The molecule has 1 aliphatic heterocycles. The number of para-hydroxylation sites is 2. The van der Waals surface area contributed by atoms with Crippen LogP contribution in [0.4, 0.5) is 5.69 Å². The van der Waals surface area contributed by atoms with Crippen molar-refractivity contribution in [2.75, 3.05) is 50.1 Å². The van der Waals surface area contributed by atoms with Crippen LogP contribution in [0.2, 0.25) is 0 Å². The lowest BCUT2D eigenvalue weighted by atomic mass is 10.2. The molecule has 1 heterocycles. The van der Waals surface area contributed by atoms with E-state index >= 15 is 0 Å². The van der Waals surface area contributed by atoms with Gasteiger partial charge in [0.1, 0.15) is 5.75 Å². The van der Waals surface area contributed by atoms with Gasteiger partial charge in [0, 0.05) is 38.6 Å². The molecule has 1 aliphatic rings. The third-order valence-electron chi connectivity index (χ3n) is 3.28. The van der Waals surface area contributed by atoms with Crippen LogP contribution < -0.4 is 9.64 Å². The first kappa shape index (κ1) is 19.7. The minimum Gasteiger partial charge on any atom is -0.492 e. The standard InChI is InChI=1S/C14H21ClN2O.2ClH/c1-2-18-14-6-4-3-5-13(14)17-11-9-16(8-7-15)10-12-17;;/h3-6H,2,7-12H2,1H3;2*1H. The smallest absolute Gasteiger partial charge is 0.142 e. The van der Waals surface area contributed by atoms with E-state index in [1.807, 2.05) is 19.1 Å². The van der Waals surface area contributed by atoms with Crippen molar-refractivity contribution in [3.05, 3.63) is 24.3 Å². The zero-order valence-electron chi connectivity index (χ0n) is 11.8. The number of rotatable bonds is 5. The minimum absolute atomic E-state index is 0. The molecule has 0 N–H and O–H groups in total. The van der Waals surface area contributed by atoms with Crippen molar-refractivity contribution in [3.8, 4) is 5.75 Å². The summed E-state index contributed by atoms with van der Waals surface area (Å²) in [6, 6.07) is 8.29. The van der Waals surface area contributed by atoms with E-state index in [0.29, 0.717) is 6.61 Å². The molecule has 0 amide bonds. The Hall–Kier alpha value is -0.350. The van der Waals surface area contributed by atoms with Crippen molar-refractivity contribution in [2.24, 2.45) is 0 Å². The van der Waals surface area contributed by atoms with Crippen LogP contribution >= 0.6 is 36.4 Å². The first-order valence-corrected chi connectivity index (χ1v) is 7.13. The number of benzene rings is 1. The quantitative estimate of drug-likeness (QED) is 0.764. The Morgan fingerprint density at radius 1 is 1.10 bits per heavy atom. The summed E-state index contributed by atoms with van der Waals surface area (Å²) in [4.78, 5) is 4.81. The number of hydrogen-bond donors (Lipinski definition) is 0. The summed E-state index contributed by atoms with van der Waals surface area (Å²) in [6.07, 6.45) is 0. The number of anilines is 1. The molecule has 2 rings (SSSR count). The van der Waals surface area contributed by atoms with E-state index in [1.54, 1.807) is 0 Å². The maximum absolute atomic E-state index is 5.78. The fourth-order valence-electron chi connectivity index (χ4n) is 2.33. The predicted octanol–water partition coefficient (Wildman–Crippen LogP) is 3.29. The third-order valence-corrected chi connectivity index (χ3v) is 3.45. The molecule has 0 saturated carbocycles. The van der Waals surface area contributed by atoms with Crippen molar-refractivity contribution in [2.45, 2.75) is 6.92 Å². The van der Waals surface area contributed by atoms with Crippen molar-refractivity contribution in [3.63, 3.8) is 0 Å². The monoisotopic (exact) mass is 340 g/mol. The summed E-state index contributed by atoms with van der Waals surface area (Å²) in [5, 5.41) is 0. The van der Waals surface area contributed by atoms with Crippen LogP contribution in [0.3, 0.4) is 0 Å². The van der Waals surface area contributed by atoms with Gasteiger partial charge in [-0.25, -0.2) is 0 Å². The molecule has 1 saturated heterocycles. The van der Waals surface area contributed by atoms with Crippen molar-refractivity contribution in [1.29, 1.82) is 0 Å². The SMILES string of the molecule is CCOc1ccccc1N1CCN(CCCl)CC1.Cl.Cl. The van der Waals surface area contributed by atoms with Crippen molar-refractivity contribution >= 4 is 42.1 Å². The fraction of sp³-hybridized carbons (Fsp3) is 0.571. The number of piperazine rings is 1.